The highest BCUT2D eigenvalue weighted by atomic mass is 79.9. The number of rotatable bonds is 2. The summed E-state index contributed by atoms with van der Waals surface area (Å²) in [5.74, 6) is 0.315. The number of nitrogen functional groups attached to an aromatic ring is 1. The van der Waals surface area contributed by atoms with Crippen molar-refractivity contribution in [2.24, 2.45) is 0 Å². The van der Waals surface area contributed by atoms with Crippen molar-refractivity contribution in [1.29, 1.82) is 0 Å². The van der Waals surface area contributed by atoms with Gasteiger partial charge in [0.1, 0.15) is 11.6 Å². The quantitative estimate of drug-likeness (QED) is 0.888. The van der Waals surface area contributed by atoms with Gasteiger partial charge in [-0.05, 0) is 24.1 Å². The van der Waals surface area contributed by atoms with Gasteiger partial charge >= 0.3 is 0 Å². The van der Waals surface area contributed by atoms with Crippen LogP contribution >= 0.6 is 15.9 Å². The van der Waals surface area contributed by atoms with Crippen molar-refractivity contribution in [3.05, 3.63) is 34.1 Å². The maximum atomic E-state index is 13.8. The topological polar surface area (TPSA) is 54.7 Å². The van der Waals surface area contributed by atoms with Gasteiger partial charge in [0.25, 0.3) is 0 Å². The maximum absolute atomic E-state index is 13.8. The molecule has 0 unspecified atom stereocenters. The number of nitrogens with two attached hydrogens (primary N) is 1. The van der Waals surface area contributed by atoms with Crippen LogP contribution in [0.15, 0.2) is 22.7 Å². The molecule has 0 aliphatic carbocycles. The molecule has 1 aromatic carbocycles. The number of benzene rings is 1. The lowest BCUT2D eigenvalue weighted by Crippen LogP contribution is -1.96. The van der Waals surface area contributed by atoms with Crippen LogP contribution in [0.2, 0.25) is 0 Å². The van der Waals surface area contributed by atoms with E-state index in [-0.39, 0.29) is 11.7 Å². The number of nitrogens with one attached hydrogen (secondary N) is 1. The van der Waals surface area contributed by atoms with Crippen LogP contribution in [0, 0.1) is 5.82 Å². The molecule has 0 aliphatic heterocycles. The number of nitrogens with zero attached hydrogens (tertiary/aromatic N) is 1. The molecule has 5 heteroatoms. The highest BCUT2D eigenvalue weighted by molar-refractivity contribution is 9.10. The van der Waals surface area contributed by atoms with Crippen LogP contribution < -0.4 is 5.73 Å². The summed E-state index contributed by atoms with van der Waals surface area (Å²) in [4.78, 5) is 0. The lowest BCUT2D eigenvalue weighted by molar-refractivity contribution is 0.630. The minimum absolute atomic E-state index is 0.183. The van der Waals surface area contributed by atoms with Crippen molar-refractivity contribution in [2.45, 2.75) is 19.8 Å². The van der Waals surface area contributed by atoms with Crippen LogP contribution in [0.4, 0.5) is 10.2 Å². The number of halogens is 2. The minimum atomic E-state index is -0.293. The Morgan fingerprint density at radius 2 is 2.12 bits per heavy atom. The normalized spacial score (nSPS) is 11.1. The summed E-state index contributed by atoms with van der Waals surface area (Å²) < 4.78 is 14.6. The first kappa shape index (κ1) is 12.1. The fourth-order valence-corrected chi connectivity index (χ4v) is 2.20. The van der Waals surface area contributed by atoms with Crippen molar-refractivity contribution in [3.63, 3.8) is 0 Å². The number of aromatic amines is 1. The van der Waals surface area contributed by atoms with Gasteiger partial charge in [0.15, 0.2) is 0 Å². The Hall–Kier alpha value is -1.36. The van der Waals surface area contributed by atoms with Crippen molar-refractivity contribution < 1.29 is 4.39 Å². The molecular weight excluding hydrogens is 285 g/mol. The maximum Gasteiger partial charge on any atom is 0.149 e. The van der Waals surface area contributed by atoms with Gasteiger partial charge in [-0.25, -0.2) is 4.39 Å². The Morgan fingerprint density at radius 3 is 2.76 bits per heavy atom. The molecule has 0 atom stereocenters. The van der Waals surface area contributed by atoms with Gasteiger partial charge < -0.3 is 5.73 Å². The third kappa shape index (κ3) is 2.20. The predicted molar refractivity (Wildman–Crippen MR) is 70.2 cm³/mol. The van der Waals surface area contributed by atoms with Crippen molar-refractivity contribution in [1.82, 2.24) is 10.2 Å². The molecule has 0 saturated heterocycles. The zero-order valence-electron chi connectivity index (χ0n) is 9.59. The third-order valence-corrected chi connectivity index (χ3v) is 3.10. The molecule has 0 bridgehead atoms. The van der Waals surface area contributed by atoms with E-state index in [0.717, 1.165) is 10.0 Å². The van der Waals surface area contributed by atoms with Crippen molar-refractivity contribution in [3.8, 4) is 11.3 Å². The van der Waals surface area contributed by atoms with E-state index in [1.54, 1.807) is 12.1 Å². The molecule has 2 aromatic rings. The second-order valence-electron chi connectivity index (χ2n) is 4.18. The second-order valence-corrected chi connectivity index (χ2v) is 5.09. The number of aromatic nitrogens is 2. The molecule has 0 saturated carbocycles. The van der Waals surface area contributed by atoms with E-state index in [4.69, 9.17) is 5.73 Å². The van der Waals surface area contributed by atoms with Gasteiger partial charge in [0.05, 0.1) is 5.69 Å². The lowest BCUT2D eigenvalue weighted by Gasteiger charge is -2.08. The summed E-state index contributed by atoms with van der Waals surface area (Å²) >= 11 is 3.33. The average Bonchev–Trinajstić information content (AvgIpc) is 2.64. The summed E-state index contributed by atoms with van der Waals surface area (Å²) in [5, 5.41) is 6.76. The molecule has 3 nitrogen and oxygen atoms in total. The standard InChI is InChI=1S/C12H13BrFN3/c1-6(2)10-11(16-17-12(10)15)8-5-7(13)3-4-9(8)14/h3-6H,1-2H3,(H3,15,16,17). The van der Waals surface area contributed by atoms with Gasteiger partial charge in [-0.2, -0.15) is 5.10 Å². The molecule has 90 valence electrons. The lowest BCUT2D eigenvalue weighted by atomic mass is 9.98. The van der Waals surface area contributed by atoms with Gasteiger partial charge in [0.2, 0.25) is 0 Å². The minimum Gasteiger partial charge on any atom is -0.382 e. The van der Waals surface area contributed by atoms with Crippen LogP contribution in [0.5, 0.6) is 0 Å². The first-order valence-corrected chi connectivity index (χ1v) is 6.09. The smallest absolute Gasteiger partial charge is 0.149 e. The van der Waals surface area contributed by atoms with E-state index in [9.17, 15) is 4.39 Å². The van der Waals surface area contributed by atoms with Crippen LogP contribution in [0.3, 0.4) is 0 Å². The Balaban J connectivity index is 2.64. The number of hydrogen-bond acceptors (Lipinski definition) is 2. The Kier molecular flexibility index (Phi) is 3.19. The third-order valence-electron chi connectivity index (χ3n) is 2.61. The van der Waals surface area contributed by atoms with Crippen LogP contribution in [0.25, 0.3) is 11.3 Å². The molecule has 0 radical (unpaired) electrons. The zero-order valence-corrected chi connectivity index (χ0v) is 11.2. The first-order chi connectivity index (χ1) is 8.00. The molecule has 17 heavy (non-hydrogen) atoms. The molecule has 0 amide bonds. The summed E-state index contributed by atoms with van der Waals surface area (Å²) in [6.45, 7) is 4.00. The van der Waals surface area contributed by atoms with Gasteiger partial charge in [-0.1, -0.05) is 29.8 Å². The van der Waals surface area contributed by atoms with E-state index < -0.39 is 0 Å². The molecular formula is C12H13BrFN3. The molecule has 2 rings (SSSR count). The van der Waals surface area contributed by atoms with Gasteiger partial charge in [-0.3, -0.25) is 5.10 Å². The van der Waals surface area contributed by atoms with Crippen LogP contribution in [-0.2, 0) is 0 Å². The summed E-state index contributed by atoms with van der Waals surface area (Å²) in [6, 6.07) is 4.79. The zero-order chi connectivity index (χ0) is 12.6. The van der Waals surface area contributed by atoms with E-state index in [1.165, 1.54) is 6.07 Å². The highest BCUT2D eigenvalue weighted by Gasteiger charge is 2.18. The Morgan fingerprint density at radius 1 is 1.41 bits per heavy atom. The fraction of sp³-hybridized carbons (Fsp3) is 0.250. The van der Waals surface area contributed by atoms with E-state index in [1.807, 2.05) is 13.8 Å². The second kappa shape index (κ2) is 4.49. The predicted octanol–water partition coefficient (Wildman–Crippen LogP) is 3.68. The number of anilines is 1. The largest absolute Gasteiger partial charge is 0.382 e. The number of hydrogen-bond donors (Lipinski definition) is 2. The van der Waals surface area contributed by atoms with Crippen LogP contribution in [-0.4, -0.2) is 10.2 Å². The van der Waals surface area contributed by atoms with E-state index >= 15 is 0 Å². The first-order valence-electron chi connectivity index (χ1n) is 5.30. The van der Waals surface area contributed by atoms with Gasteiger partial charge in [0, 0.05) is 15.6 Å². The highest BCUT2D eigenvalue weighted by Crippen LogP contribution is 2.33. The van der Waals surface area contributed by atoms with E-state index in [2.05, 4.69) is 26.1 Å². The van der Waals surface area contributed by atoms with Crippen molar-refractivity contribution >= 4 is 21.7 Å². The van der Waals surface area contributed by atoms with Gasteiger partial charge in [-0.15, -0.1) is 0 Å². The average molecular weight is 298 g/mol. The Labute approximate surface area is 107 Å². The molecule has 0 spiro atoms. The monoisotopic (exact) mass is 297 g/mol. The van der Waals surface area contributed by atoms with Crippen molar-refractivity contribution in [2.75, 3.05) is 5.73 Å². The summed E-state index contributed by atoms with van der Waals surface area (Å²) in [5.41, 5.74) is 7.77. The Bertz CT molecular complexity index is 549. The molecule has 0 aliphatic rings. The number of H-pyrrole nitrogens is 1. The molecule has 1 heterocycles. The summed E-state index contributed by atoms with van der Waals surface area (Å²) in [6.07, 6.45) is 0. The van der Waals surface area contributed by atoms with Crippen LogP contribution in [0.1, 0.15) is 25.3 Å². The molecule has 0 fully saturated rings. The summed E-state index contributed by atoms with van der Waals surface area (Å²) in [7, 11) is 0. The fourth-order valence-electron chi connectivity index (χ4n) is 1.84. The molecule has 1 aromatic heterocycles. The van der Waals surface area contributed by atoms with E-state index in [0.29, 0.717) is 17.1 Å². The molecule has 3 N–H and O–H groups in total. The SMILES string of the molecule is CC(C)c1c(N)n[nH]c1-c1cc(Br)ccc1F.